The van der Waals surface area contributed by atoms with Crippen LogP contribution in [0.1, 0.15) is 71.1 Å². The molecule has 0 fully saturated rings. The van der Waals surface area contributed by atoms with E-state index in [1.807, 2.05) is 19.9 Å². The molecule has 0 aliphatic heterocycles. The number of aliphatic imine (C=N–C) groups is 1. The van der Waals surface area contributed by atoms with E-state index in [0.717, 1.165) is 60.5 Å². The van der Waals surface area contributed by atoms with Gasteiger partial charge >= 0.3 is 0 Å². The fourth-order valence-electron chi connectivity index (χ4n) is 3.17. The van der Waals surface area contributed by atoms with Gasteiger partial charge in [-0.1, -0.05) is 19.0 Å². The minimum atomic E-state index is -0.833. The lowest BCUT2D eigenvalue weighted by molar-refractivity contribution is -0.113. The van der Waals surface area contributed by atoms with Gasteiger partial charge in [0.25, 0.3) is 0 Å². The van der Waals surface area contributed by atoms with Gasteiger partial charge in [-0.05, 0) is 64.5 Å². The molecule has 0 unspecified atom stereocenters. The SMILES string of the molecule is CCC(C)=NC1=C(C(C)=O)CCCC1.CCc1cc(-c2cc(O)c(F)cc2C#N)on1. The van der Waals surface area contributed by atoms with Crippen molar-refractivity contribution in [3.8, 4) is 23.1 Å². The molecule has 0 bridgehead atoms. The number of rotatable bonds is 5. The molecular formula is C24H28FN3O3. The highest BCUT2D eigenvalue weighted by Gasteiger charge is 2.16. The first-order chi connectivity index (χ1) is 14.8. The third kappa shape index (κ3) is 6.35. The average molecular weight is 426 g/mol. The molecule has 1 aliphatic rings. The lowest BCUT2D eigenvalue weighted by atomic mass is 9.94. The van der Waals surface area contributed by atoms with Crippen molar-refractivity contribution in [3.63, 3.8) is 0 Å². The maximum Gasteiger partial charge on any atom is 0.168 e. The van der Waals surface area contributed by atoms with E-state index in [0.29, 0.717) is 17.7 Å². The number of nitriles is 1. The second-order valence-corrected chi connectivity index (χ2v) is 7.39. The lowest BCUT2D eigenvalue weighted by Crippen LogP contribution is -2.07. The van der Waals surface area contributed by atoms with Crippen molar-refractivity contribution in [2.75, 3.05) is 0 Å². The van der Waals surface area contributed by atoms with Crippen LogP contribution in [0.25, 0.3) is 11.3 Å². The van der Waals surface area contributed by atoms with Gasteiger partial charge in [-0.15, -0.1) is 0 Å². The van der Waals surface area contributed by atoms with Crippen LogP contribution in [-0.4, -0.2) is 21.8 Å². The zero-order chi connectivity index (χ0) is 23.0. The number of ketones is 1. The number of aryl methyl sites for hydroxylation is 1. The van der Waals surface area contributed by atoms with Crippen molar-refractivity contribution in [1.82, 2.24) is 5.16 Å². The van der Waals surface area contributed by atoms with Gasteiger partial charge in [0, 0.05) is 28.6 Å². The second-order valence-electron chi connectivity index (χ2n) is 7.39. The van der Waals surface area contributed by atoms with Gasteiger partial charge < -0.3 is 9.63 Å². The summed E-state index contributed by atoms with van der Waals surface area (Å²) < 4.78 is 18.1. The number of halogens is 1. The Morgan fingerprint density at radius 2 is 1.97 bits per heavy atom. The van der Waals surface area contributed by atoms with E-state index in [2.05, 4.69) is 17.1 Å². The summed E-state index contributed by atoms with van der Waals surface area (Å²) in [6.07, 6.45) is 5.87. The number of allylic oxidation sites excluding steroid dienone is 2. The van der Waals surface area contributed by atoms with E-state index in [1.54, 1.807) is 13.0 Å². The Hall–Kier alpha value is -3.27. The normalized spacial score (nSPS) is 14.0. The summed E-state index contributed by atoms with van der Waals surface area (Å²) in [5.41, 5.74) is 4.29. The Balaban J connectivity index is 0.000000225. The summed E-state index contributed by atoms with van der Waals surface area (Å²) in [5.74, 6) is -0.810. The number of aromatic hydroxyl groups is 1. The van der Waals surface area contributed by atoms with Gasteiger partial charge in [0.2, 0.25) is 0 Å². The molecular weight excluding hydrogens is 397 g/mol. The van der Waals surface area contributed by atoms with Crippen molar-refractivity contribution in [2.45, 2.75) is 66.2 Å². The number of phenols is 1. The van der Waals surface area contributed by atoms with Crippen LogP contribution in [0.5, 0.6) is 5.75 Å². The summed E-state index contributed by atoms with van der Waals surface area (Å²) in [7, 11) is 0. The molecule has 1 heterocycles. The quantitative estimate of drug-likeness (QED) is 0.602. The molecule has 31 heavy (non-hydrogen) atoms. The first-order valence-corrected chi connectivity index (χ1v) is 10.5. The summed E-state index contributed by atoms with van der Waals surface area (Å²) in [4.78, 5) is 15.9. The smallest absolute Gasteiger partial charge is 0.168 e. The van der Waals surface area contributed by atoms with Crippen LogP contribution in [-0.2, 0) is 11.2 Å². The molecule has 1 aromatic carbocycles. The number of carbonyl (C=O) groups is 1. The van der Waals surface area contributed by atoms with Crippen LogP contribution in [0, 0.1) is 17.1 Å². The molecule has 0 spiro atoms. The predicted molar refractivity (Wildman–Crippen MR) is 117 cm³/mol. The van der Waals surface area contributed by atoms with Crippen LogP contribution < -0.4 is 0 Å². The molecule has 0 amide bonds. The largest absolute Gasteiger partial charge is 0.505 e. The molecule has 0 saturated carbocycles. The molecule has 1 aromatic heterocycles. The number of benzene rings is 1. The Bertz CT molecular complexity index is 1040. The molecule has 164 valence electrons. The average Bonchev–Trinajstić information content (AvgIpc) is 3.25. The van der Waals surface area contributed by atoms with E-state index in [9.17, 15) is 14.3 Å². The Morgan fingerprint density at radius 3 is 2.55 bits per heavy atom. The standard InChI is InChI=1S/C12H9FN2O2.C12H19NO/c1-2-8-4-12(17-15-8)9-5-11(16)10(13)3-7(9)6-14;1-4-9(2)13-12-8-6-5-7-11(12)10(3)14/h3-5,16H,2H2,1H3;4-8H2,1-3H3. The zero-order valence-electron chi connectivity index (χ0n) is 18.5. The number of hydrogen-bond acceptors (Lipinski definition) is 6. The van der Waals surface area contributed by atoms with Gasteiger partial charge in [0.05, 0.1) is 11.3 Å². The number of nitrogens with zero attached hydrogens (tertiary/aromatic N) is 3. The molecule has 1 aliphatic carbocycles. The molecule has 0 radical (unpaired) electrons. The van der Waals surface area contributed by atoms with Crippen molar-refractivity contribution in [1.29, 1.82) is 5.26 Å². The molecule has 2 aromatic rings. The zero-order valence-corrected chi connectivity index (χ0v) is 18.5. The highest BCUT2D eigenvalue weighted by molar-refractivity contribution is 5.95. The first kappa shape index (κ1) is 24.0. The van der Waals surface area contributed by atoms with Gasteiger partial charge in [-0.25, -0.2) is 4.39 Å². The van der Waals surface area contributed by atoms with E-state index >= 15 is 0 Å². The fraction of sp³-hybridized carbons (Fsp3) is 0.417. The van der Waals surface area contributed by atoms with E-state index < -0.39 is 11.6 Å². The number of Topliss-reactive ketones (excluding diaryl/α,β-unsaturated/α-hetero) is 1. The van der Waals surface area contributed by atoms with Crippen LogP contribution in [0.15, 0.2) is 39.0 Å². The highest BCUT2D eigenvalue weighted by Crippen LogP contribution is 2.30. The van der Waals surface area contributed by atoms with Crippen LogP contribution in [0.2, 0.25) is 0 Å². The van der Waals surface area contributed by atoms with Gasteiger partial charge in [0.1, 0.15) is 6.07 Å². The molecule has 1 N–H and O–H groups in total. The topological polar surface area (TPSA) is 99.5 Å². The lowest BCUT2D eigenvalue weighted by Gasteiger charge is -2.15. The van der Waals surface area contributed by atoms with E-state index in [1.165, 1.54) is 6.42 Å². The Kier molecular flexibility index (Phi) is 8.68. The monoisotopic (exact) mass is 425 g/mol. The van der Waals surface area contributed by atoms with Gasteiger partial charge in [-0.2, -0.15) is 5.26 Å². The van der Waals surface area contributed by atoms with Crippen molar-refractivity contribution in [3.05, 3.63) is 46.5 Å². The van der Waals surface area contributed by atoms with E-state index in [4.69, 9.17) is 9.78 Å². The summed E-state index contributed by atoms with van der Waals surface area (Å²) in [6, 6.07) is 5.64. The maximum absolute atomic E-state index is 13.1. The van der Waals surface area contributed by atoms with E-state index in [-0.39, 0.29) is 11.3 Å². The number of aromatic nitrogens is 1. The summed E-state index contributed by atoms with van der Waals surface area (Å²) in [6.45, 7) is 7.68. The Morgan fingerprint density at radius 1 is 1.26 bits per heavy atom. The molecule has 0 atom stereocenters. The van der Waals surface area contributed by atoms with Crippen LogP contribution in [0.3, 0.4) is 0 Å². The third-order valence-corrected chi connectivity index (χ3v) is 5.10. The van der Waals surface area contributed by atoms with Gasteiger partial charge in [-0.3, -0.25) is 9.79 Å². The number of phenolic OH excluding ortho intramolecular Hbond substituents is 1. The predicted octanol–water partition coefficient (Wildman–Crippen LogP) is 5.89. The molecule has 7 heteroatoms. The minimum Gasteiger partial charge on any atom is -0.505 e. The van der Waals surface area contributed by atoms with Crippen LogP contribution >= 0.6 is 0 Å². The maximum atomic E-state index is 13.1. The summed E-state index contributed by atoms with van der Waals surface area (Å²) in [5, 5.41) is 22.0. The number of hydrogen-bond donors (Lipinski definition) is 1. The highest BCUT2D eigenvalue weighted by atomic mass is 19.1. The molecule has 3 rings (SSSR count). The Labute approximate surface area is 182 Å². The van der Waals surface area contributed by atoms with Crippen molar-refractivity contribution < 1.29 is 18.8 Å². The van der Waals surface area contributed by atoms with Crippen molar-refractivity contribution in [2.24, 2.45) is 4.99 Å². The second kappa shape index (κ2) is 11.2. The third-order valence-electron chi connectivity index (χ3n) is 5.10. The van der Waals surface area contributed by atoms with Crippen molar-refractivity contribution >= 4 is 11.5 Å². The van der Waals surface area contributed by atoms with Gasteiger partial charge in [0.15, 0.2) is 23.1 Å². The van der Waals surface area contributed by atoms with Crippen LogP contribution in [0.4, 0.5) is 4.39 Å². The number of carbonyl (C=O) groups excluding carboxylic acids is 1. The minimum absolute atomic E-state index is 0.0964. The molecule has 6 nitrogen and oxygen atoms in total. The fourth-order valence-corrected chi connectivity index (χ4v) is 3.17. The summed E-state index contributed by atoms with van der Waals surface area (Å²) >= 11 is 0. The first-order valence-electron chi connectivity index (χ1n) is 10.5. The molecule has 0 saturated heterocycles.